The van der Waals surface area contributed by atoms with Crippen LogP contribution in [0.5, 0.6) is 0 Å². The van der Waals surface area contributed by atoms with E-state index >= 15 is 0 Å². The topological polar surface area (TPSA) is 58.5 Å². The summed E-state index contributed by atoms with van der Waals surface area (Å²) in [6, 6.07) is 0. The molecular weight excluding hydrogens is 214 g/mol. The molecule has 0 unspecified atom stereocenters. The van der Waals surface area contributed by atoms with E-state index in [1.807, 2.05) is 24.1 Å². The second-order valence-corrected chi connectivity index (χ2v) is 4.58. The molecule has 92 valence electrons. The Labute approximate surface area is 101 Å². The summed E-state index contributed by atoms with van der Waals surface area (Å²) < 4.78 is 1.88. The third kappa shape index (κ3) is 2.94. The molecule has 2 rings (SSSR count). The Morgan fingerprint density at radius 3 is 2.88 bits per heavy atom. The number of hydrogen-bond donors (Lipinski definition) is 2. The lowest BCUT2D eigenvalue weighted by molar-refractivity contribution is 0.678. The van der Waals surface area contributed by atoms with Gasteiger partial charge in [0.05, 0.1) is 11.9 Å². The molecule has 5 heteroatoms. The normalized spacial score (nSPS) is 11.3. The van der Waals surface area contributed by atoms with E-state index in [0.717, 1.165) is 13.1 Å². The number of nitrogens with zero attached hydrogens (tertiary/aromatic N) is 3. The zero-order valence-corrected chi connectivity index (χ0v) is 10.6. The lowest BCUT2D eigenvalue weighted by atomic mass is 10.1. The van der Waals surface area contributed by atoms with Gasteiger partial charge in [-0.15, -0.1) is 0 Å². The predicted molar refractivity (Wildman–Crippen MR) is 66.4 cm³/mol. The van der Waals surface area contributed by atoms with E-state index in [2.05, 4.69) is 40.7 Å². The molecule has 0 bridgehead atoms. The molecule has 0 aliphatic rings. The largest absolute Gasteiger partial charge is 0.308 e. The molecule has 0 aliphatic heterocycles. The lowest BCUT2D eigenvalue weighted by Crippen LogP contribution is -2.13. The van der Waals surface area contributed by atoms with E-state index in [4.69, 9.17) is 0 Å². The van der Waals surface area contributed by atoms with Crippen LogP contribution in [0.15, 0.2) is 18.6 Å². The van der Waals surface area contributed by atoms with Crippen LogP contribution >= 0.6 is 0 Å². The van der Waals surface area contributed by atoms with Crippen molar-refractivity contribution in [1.29, 1.82) is 0 Å². The molecule has 5 nitrogen and oxygen atoms in total. The minimum atomic E-state index is 0.460. The SMILES string of the molecule is CC(C)c1nn(C)cc1CNCc1cn[nH]c1. The third-order valence-corrected chi connectivity index (χ3v) is 2.68. The first-order valence-corrected chi connectivity index (χ1v) is 5.87. The Morgan fingerprint density at radius 1 is 1.41 bits per heavy atom. The van der Waals surface area contributed by atoms with Gasteiger partial charge >= 0.3 is 0 Å². The molecule has 2 N–H and O–H groups in total. The highest BCUT2D eigenvalue weighted by molar-refractivity contribution is 5.20. The van der Waals surface area contributed by atoms with Crippen LogP contribution in [-0.4, -0.2) is 20.0 Å². The Hall–Kier alpha value is -1.62. The first-order chi connectivity index (χ1) is 8.16. The molecule has 0 aromatic carbocycles. The Bertz CT molecular complexity index is 455. The van der Waals surface area contributed by atoms with Gasteiger partial charge in [-0.25, -0.2) is 0 Å². The molecule has 0 saturated heterocycles. The van der Waals surface area contributed by atoms with Gasteiger partial charge in [0, 0.05) is 43.7 Å². The molecule has 0 saturated carbocycles. The van der Waals surface area contributed by atoms with Crippen LogP contribution in [0.4, 0.5) is 0 Å². The average molecular weight is 233 g/mol. The molecule has 2 aromatic heterocycles. The van der Waals surface area contributed by atoms with Crippen molar-refractivity contribution in [2.75, 3.05) is 0 Å². The van der Waals surface area contributed by atoms with E-state index < -0.39 is 0 Å². The van der Waals surface area contributed by atoms with Crippen LogP contribution in [0.2, 0.25) is 0 Å². The summed E-state index contributed by atoms with van der Waals surface area (Å²) in [7, 11) is 1.96. The summed E-state index contributed by atoms with van der Waals surface area (Å²) in [5.74, 6) is 0.460. The van der Waals surface area contributed by atoms with Crippen molar-refractivity contribution in [3.8, 4) is 0 Å². The van der Waals surface area contributed by atoms with Gasteiger partial charge in [0.2, 0.25) is 0 Å². The summed E-state index contributed by atoms with van der Waals surface area (Å²) in [4.78, 5) is 0. The van der Waals surface area contributed by atoms with Gasteiger partial charge in [-0.1, -0.05) is 13.8 Å². The zero-order valence-electron chi connectivity index (χ0n) is 10.6. The van der Waals surface area contributed by atoms with E-state index in [0.29, 0.717) is 5.92 Å². The van der Waals surface area contributed by atoms with E-state index in [1.54, 1.807) is 0 Å². The molecule has 0 aliphatic carbocycles. The number of aromatic amines is 1. The summed E-state index contributed by atoms with van der Waals surface area (Å²) in [6.45, 7) is 6.00. The number of aromatic nitrogens is 4. The van der Waals surface area contributed by atoms with Crippen molar-refractivity contribution < 1.29 is 0 Å². The second kappa shape index (κ2) is 5.14. The Morgan fingerprint density at radius 2 is 2.24 bits per heavy atom. The molecule has 0 fully saturated rings. The number of hydrogen-bond acceptors (Lipinski definition) is 3. The minimum Gasteiger partial charge on any atom is -0.308 e. The number of H-pyrrole nitrogens is 1. The standard InChI is InChI=1S/C12H19N5/c1-9(2)12-11(8-17(3)16-12)7-13-4-10-5-14-15-6-10/h5-6,8-9,13H,4,7H2,1-3H3,(H,14,15). The maximum absolute atomic E-state index is 4.48. The fraction of sp³-hybridized carbons (Fsp3) is 0.500. The fourth-order valence-electron chi connectivity index (χ4n) is 1.89. The highest BCUT2D eigenvalue weighted by Gasteiger charge is 2.10. The van der Waals surface area contributed by atoms with Gasteiger partial charge < -0.3 is 5.32 Å². The number of aryl methyl sites for hydroxylation is 1. The van der Waals surface area contributed by atoms with Gasteiger partial charge in [-0.2, -0.15) is 10.2 Å². The van der Waals surface area contributed by atoms with Crippen molar-refractivity contribution in [3.05, 3.63) is 35.4 Å². The first kappa shape index (κ1) is 11.9. The zero-order chi connectivity index (χ0) is 12.3. The summed E-state index contributed by atoms with van der Waals surface area (Å²) in [5, 5.41) is 14.6. The first-order valence-electron chi connectivity index (χ1n) is 5.87. The quantitative estimate of drug-likeness (QED) is 0.824. The molecule has 2 aromatic rings. The molecule has 2 heterocycles. The summed E-state index contributed by atoms with van der Waals surface area (Å²) >= 11 is 0. The van der Waals surface area contributed by atoms with Crippen LogP contribution in [0.25, 0.3) is 0 Å². The van der Waals surface area contributed by atoms with Crippen LogP contribution in [0.3, 0.4) is 0 Å². The van der Waals surface area contributed by atoms with Crippen LogP contribution in [-0.2, 0) is 20.1 Å². The molecule has 0 atom stereocenters. The monoisotopic (exact) mass is 233 g/mol. The van der Waals surface area contributed by atoms with E-state index in [9.17, 15) is 0 Å². The van der Waals surface area contributed by atoms with Crippen LogP contribution in [0, 0.1) is 0 Å². The highest BCUT2D eigenvalue weighted by Crippen LogP contribution is 2.16. The van der Waals surface area contributed by atoms with Crippen molar-refractivity contribution in [2.45, 2.75) is 32.9 Å². The Kier molecular flexibility index (Phi) is 3.58. The van der Waals surface area contributed by atoms with Gasteiger partial charge in [0.15, 0.2) is 0 Å². The molecule has 17 heavy (non-hydrogen) atoms. The third-order valence-electron chi connectivity index (χ3n) is 2.68. The summed E-state index contributed by atoms with van der Waals surface area (Å²) in [5.41, 5.74) is 3.61. The molecular formula is C12H19N5. The second-order valence-electron chi connectivity index (χ2n) is 4.58. The van der Waals surface area contributed by atoms with Crippen molar-refractivity contribution in [1.82, 2.24) is 25.3 Å². The van der Waals surface area contributed by atoms with Crippen LogP contribution < -0.4 is 5.32 Å². The molecule has 0 spiro atoms. The average Bonchev–Trinajstić information content (AvgIpc) is 2.88. The molecule has 0 amide bonds. The van der Waals surface area contributed by atoms with Crippen molar-refractivity contribution in [2.24, 2.45) is 7.05 Å². The maximum Gasteiger partial charge on any atom is 0.0694 e. The van der Waals surface area contributed by atoms with Crippen LogP contribution in [0.1, 0.15) is 36.6 Å². The lowest BCUT2D eigenvalue weighted by Gasteiger charge is -2.05. The van der Waals surface area contributed by atoms with Gasteiger partial charge in [0.1, 0.15) is 0 Å². The van der Waals surface area contributed by atoms with Gasteiger partial charge in [0.25, 0.3) is 0 Å². The van der Waals surface area contributed by atoms with Gasteiger partial charge in [-0.3, -0.25) is 9.78 Å². The van der Waals surface area contributed by atoms with E-state index in [1.165, 1.54) is 16.8 Å². The number of nitrogens with one attached hydrogen (secondary N) is 2. The number of rotatable bonds is 5. The Balaban J connectivity index is 1.94. The van der Waals surface area contributed by atoms with Gasteiger partial charge in [-0.05, 0) is 5.92 Å². The summed E-state index contributed by atoms with van der Waals surface area (Å²) in [6.07, 6.45) is 5.82. The van der Waals surface area contributed by atoms with E-state index in [-0.39, 0.29) is 0 Å². The predicted octanol–water partition coefficient (Wildman–Crippen LogP) is 1.56. The smallest absolute Gasteiger partial charge is 0.0694 e. The fourth-order valence-corrected chi connectivity index (χ4v) is 1.89. The maximum atomic E-state index is 4.48. The van der Waals surface area contributed by atoms with Crippen molar-refractivity contribution in [3.63, 3.8) is 0 Å². The minimum absolute atomic E-state index is 0.460. The van der Waals surface area contributed by atoms with Crippen molar-refractivity contribution >= 4 is 0 Å². The highest BCUT2D eigenvalue weighted by atomic mass is 15.3. The molecule has 0 radical (unpaired) electrons.